The summed E-state index contributed by atoms with van der Waals surface area (Å²) in [4.78, 5) is 4.04. The van der Waals surface area contributed by atoms with Crippen LogP contribution in [-0.4, -0.2) is 52.9 Å². The number of nitrogens with zero attached hydrogens (tertiary/aromatic N) is 1. The van der Waals surface area contributed by atoms with Crippen molar-refractivity contribution in [1.29, 1.82) is 0 Å². The fourth-order valence-corrected chi connectivity index (χ4v) is 2.38. The van der Waals surface area contributed by atoms with Crippen molar-refractivity contribution in [2.24, 2.45) is 4.99 Å². The SMILES string of the molecule is CCS(=O)(=O)NCCNC(=NC)NCC(C)Oc1cccc(F)c1. The molecule has 1 rings (SSSR count). The molecule has 1 aromatic carbocycles. The van der Waals surface area contributed by atoms with Crippen molar-refractivity contribution in [3.05, 3.63) is 30.1 Å². The van der Waals surface area contributed by atoms with Crippen LogP contribution in [0.15, 0.2) is 29.3 Å². The summed E-state index contributed by atoms with van der Waals surface area (Å²) in [6, 6.07) is 5.95. The van der Waals surface area contributed by atoms with Gasteiger partial charge in [-0.25, -0.2) is 17.5 Å². The van der Waals surface area contributed by atoms with Gasteiger partial charge >= 0.3 is 0 Å². The molecule has 0 saturated carbocycles. The molecule has 9 heteroatoms. The molecule has 0 radical (unpaired) electrons. The van der Waals surface area contributed by atoms with E-state index in [2.05, 4.69) is 20.3 Å². The maximum atomic E-state index is 13.1. The molecular formula is C15H25FN4O3S. The summed E-state index contributed by atoms with van der Waals surface area (Å²) in [5.74, 6) is 0.691. The lowest BCUT2D eigenvalue weighted by atomic mass is 10.3. The highest BCUT2D eigenvalue weighted by atomic mass is 32.2. The number of nitrogens with one attached hydrogen (secondary N) is 3. The molecule has 0 bridgehead atoms. The monoisotopic (exact) mass is 360 g/mol. The number of aliphatic imine (C=N–C) groups is 1. The third-order valence-electron chi connectivity index (χ3n) is 3.03. The molecule has 0 saturated heterocycles. The maximum absolute atomic E-state index is 13.1. The summed E-state index contributed by atoms with van der Waals surface area (Å²) in [5, 5.41) is 6.05. The number of rotatable bonds is 9. The van der Waals surface area contributed by atoms with E-state index in [4.69, 9.17) is 4.74 Å². The molecular weight excluding hydrogens is 335 g/mol. The van der Waals surface area contributed by atoms with Crippen LogP contribution in [0.3, 0.4) is 0 Å². The summed E-state index contributed by atoms with van der Waals surface area (Å²) in [6.45, 7) is 4.55. The van der Waals surface area contributed by atoms with Crippen LogP contribution < -0.4 is 20.1 Å². The van der Waals surface area contributed by atoms with Gasteiger partial charge in [0.15, 0.2) is 5.96 Å². The second-order valence-corrected chi connectivity index (χ2v) is 7.16. The zero-order valence-electron chi connectivity index (χ0n) is 14.2. The minimum absolute atomic E-state index is 0.0505. The average molecular weight is 360 g/mol. The summed E-state index contributed by atoms with van der Waals surface area (Å²) >= 11 is 0. The highest BCUT2D eigenvalue weighted by Crippen LogP contribution is 2.13. The molecule has 0 fully saturated rings. The van der Waals surface area contributed by atoms with Crippen molar-refractivity contribution >= 4 is 16.0 Å². The number of sulfonamides is 1. The van der Waals surface area contributed by atoms with Crippen molar-refractivity contribution in [2.75, 3.05) is 32.4 Å². The van der Waals surface area contributed by atoms with Gasteiger partial charge in [-0.1, -0.05) is 6.07 Å². The minimum atomic E-state index is -3.19. The number of benzene rings is 1. The summed E-state index contributed by atoms with van der Waals surface area (Å²) in [5.41, 5.74) is 0. The van der Waals surface area contributed by atoms with Gasteiger partial charge in [0, 0.05) is 26.2 Å². The molecule has 0 aliphatic carbocycles. The van der Waals surface area contributed by atoms with Gasteiger partial charge in [0.2, 0.25) is 10.0 Å². The first-order chi connectivity index (χ1) is 11.4. The lowest BCUT2D eigenvalue weighted by molar-refractivity contribution is 0.223. The van der Waals surface area contributed by atoms with Crippen LogP contribution >= 0.6 is 0 Å². The molecule has 0 heterocycles. The van der Waals surface area contributed by atoms with E-state index in [9.17, 15) is 12.8 Å². The zero-order valence-corrected chi connectivity index (χ0v) is 15.0. The number of guanidine groups is 1. The van der Waals surface area contributed by atoms with Crippen LogP contribution in [0.1, 0.15) is 13.8 Å². The Morgan fingerprint density at radius 2 is 2.08 bits per heavy atom. The van der Waals surface area contributed by atoms with Gasteiger partial charge in [-0.2, -0.15) is 0 Å². The normalized spacial score (nSPS) is 13.4. The molecule has 0 spiro atoms. The van der Waals surface area contributed by atoms with E-state index >= 15 is 0 Å². The zero-order chi connectivity index (χ0) is 18.0. The minimum Gasteiger partial charge on any atom is -0.489 e. The predicted molar refractivity (Wildman–Crippen MR) is 93.3 cm³/mol. The number of hydrogen-bond acceptors (Lipinski definition) is 4. The smallest absolute Gasteiger partial charge is 0.211 e. The quantitative estimate of drug-likeness (QED) is 0.342. The Bertz CT molecular complexity index is 637. The Morgan fingerprint density at radius 3 is 2.71 bits per heavy atom. The number of hydrogen-bond donors (Lipinski definition) is 3. The number of ether oxygens (including phenoxy) is 1. The largest absolute Gasteiger partial charge is 0.489 e. The van der Waals surface area contributed by atoms with E-state index in [1.54, 1.807) is 26.1 Å². The first kappa shape index (κ1) is 20.2. The third kappa shape index (κ3) is 8.11. The molecule has 136 valence electrons. The molecule has 1 atom stereocenters. The summed E-state index contributed by atoms with van der Waals surface area (Å²) < 4.78 is 43.7. The fourth-order valence-electron chi connectivity index (χ4n) is 1.76. The van der Waals surface area contributed by atoms with E-state index in [1.807, 2.05) is 6.92 Å². The average Bonchev–Trinajstić information content (AvgIpc) is 2.54. The Morgan fingerprint density at radius 1 is 1.33 bits per heavy atom. The van der Waals surface area contributed by atoms with Crippen molar-refractivity contribution < 1.29 is 17.5 Å². The van der Waals surface area contributed by atoms with Gasteiger partial charge < -0.3 is 15.4 Å². The van der Waals surface area contributed by atoms with E-state index in [-0.39, 0.29) is 24.2 Å². The molecule has 24 heavy (non-hydrogen) atoms. The Hall–Kier alpha value is -1.87. The van der Waals surface area contributed by atoms with Crippen molar-refractivity contribution in [1.82, 2.24) is 15.4 Å². The molecule has 3 N–H and O–H groups in total. The van der Waals surface area contributed by atoms with E-state index < -0.39 is 10.0 Å². The van der Waals surface area contributed by atoms with Gasteiger partial charge in [0.05, 0.1) is 12.3 Å². The fraction of sp³-hybridized carbons (Fsp3) is 0.533. The molecule has 1 aromatic rings. The van der Waals surface area contributed by atoms with E-state index in [0.717, 1.165) is 0 Å². The van der Waals surface area contributed by atoms with Crippen LogP contribution in [0.2, 0.25) is 0 Å². The lowest BCUT2D eigenvalue weighted by Crippen LogP contribution is -2.44. The van der Waals surface area contributed by atoms with Crippen LogP contribution in [0.4, 0.5) is 4.39 Å². The van der Waals surface area contributed by atoms with Gasteiger partial charge in [0.25, 0.3) is 0 Å². The standard InChI is InChI=1S/C15H25FN4O3S/c1-4-24(21,22)20-9-8-18-15(17-3)19-11-12(2)23-14-7-5-6-13(16)10-14/h5-7,10,12,20H,4,8-9,11H2,1-3H3,(H2,17,18,19). The summed E-state index contributed by atoms with van der Waals surface area (Å²) in [6.07, 6.45) is -0.205. The highest BCUT2D eigenvalue weighted by molar-refractivity contribution is 7.89. The van der Waals surface area contributed by atoms with Gasteiger partial charge in [-0.15, -0.1) is 0 Å². The third-order valence-corrected chi connectivity index (χ3v) is 4.44. The molecule has 0 amide bonds. The van der Waals surface area contributed by atoms with Crippen LogP contribution in [0.25, 0.3) is 0 Å². The van der Waals surface area contributed by atoms with Crippen molar-refractivity contribution in [3.8, 4) is 5.75 Å². The highest BCUT2D eigenvalue weighted by Gasteiger charge is 2.07. The molecule has 0 aliphatic rings. The summed E-state index contributed by atoms with van der Waals surface area (Å²) in [7, 11) is -1.57. The van der Waals surface area contributed by atoms with E-state index in [0.29, 0.717) is 24.8 Å². The Balaban J connectivity index is 2.30. The topological polar surface area (TPSA) is 91.8 Å². The first-order valence-corrected chi connectivity index (χ1v) is 9.35. The second-order valence-electron chi connectivity index (χ2n) is 5.06. The molecule has 0 aliphatic heterocycles. The molecule has 7 nitrogen and oxygen atoms in total. The first-order valence-electron chi connectivity index (χ1n) is 7.70. The lowest BCUT2D eigenvalue weighted by Gasteiger charge is -2.17. The van der Waals surface area contributed by atoms with Crippen LogP contribution in [-0.2, 0) is 10.0 Å². The van der Waals surface area contributed by atoms with Gasteiger partial charge in [-0.3, -0.25) is 4.99 Å². The van der Waals surface area contributed by atoms with Crippen LogP contribution in [0, 0.1) is 5.82 Å². The van der Waals surface area contributed by atoms with E-state index in [1.165, 1.54) is 12.1 Å². The van der Waals surface area contributed by atoms with Crippen molar-refractivity contribution in [2.45, 2.75) is 20.0 Å². The predicted octanol–water partition coefficient (Wildman–Crippen LogP) is 0.697. The Labute approximate surface area is 142 Å². The van der Waals surface area contributed by atoms with Crippen molar-refractivity contribution in [3.63, 3.8) is 0 Å². The van der Waals surface area contributed by atoms with Crippen LogP contribution in [0.5, 0.6) is 5.75 Å². The maximum Gasteiger partial charge on any atom is 0.211 e. The van der Waals surface area contributed by atoms with Gasteiger partial charge in [-0.05, 0) is 26.0 Å². The number of halogens is 1. The second kappa shape index (κ2) is 10.1. The van der Waals surface area contributed by atoms with Gasteiger partial charge in [0.1, 0.15) is 17.7 Å². The molecule has 0 aromatic heterocycles. The molecule has 1 unspecified atom stereocenters. The Kier molecular flexibility index (Phi) is 8.48.